The molecule has 1 saturated heterocycles. The third-order valence-electron chi connectivity index (χ3n) is 2.86. The van der Waals surface area contributed by atoms with Crippen molar-refractivity contribution in [1.29, 1.82) is 0 Å². The molecule has 0 bridgehead atoms. The number of ether oxygens (including phenoxy) is 1. The summed E-state index contributed by atoms with van der Waals surface area (Å²) in [6, 6.07) is 5.02. The summed E-state index contributed by atoms with van der Waals surface area (Å²) in [5.74, 6) is 0.591. The number of carbonyl (C=O) groups excluding carboxylic acids is 1. The monoisotopic (exact) mass is 304 g/mol. The van der Waals surface area contributed by atoms with Crippen molar-refractivity contribution < 1.29 is 9.53 Å². The van der Waals surface area contributed by atoms with Gasteiger partial charge in [-0.2, -0.15) is 11.8 Å². The van der Waals surface area contributed by atoms with Crippen LogP contribution in [0.1, 0.15) is 23.2 Å². The van der Waals surface area contributed by atoms with Crippen LogP contribution in [-0.2, 0) is 4.74 Å². The lowest BCUT2D eigenvalue weighted by atomic mass is 10.1. The second kappa shape index (κ2) is 6.80. The number of halogens is 2. The molecule has 1 aromatic rings. The lowest BCUT2D eigenvalue weighted by Crippen LogP contribution is -2.19. The van der Waals surface area contributed by atoms with E-state index in [0.29, 0.717) is 26.6 Å². The summed E-state index contributed by atoms with van der Waals surface area (Å²) < 4.78 is 5.29. The normalized spacial score (nSPS) is 16.8. The second-order valence-corrected chi connectivity index (χ2v) is 6.28. The van der Waals surface area contributed by atoms with E-state index in [1.165, 1.54) is 0 Å². The number of benzene rings is 1. The molecule has 2 rings (SSSR count). The summed E-state index contributed by atoms with van der Waals surface area (Å²) in [7, 11) is 0. The predicted molar refractivity (Wildman–Crippen MR) is 77.1 cm³/mol. The summed E-state index contributed by atoms with van der Waals surface area (Å²) in [6.07, 6.45) is 2.05. The first kappa shape index (κ1) is 14.2. The maximum atomic E-state index is 12.0. The van der Waals surface area contributed by atoms with Crippen molar-refractivity contribution >= 4 is 40.7 Å². The third kappa shape index (κ3) is 3.89. The van der Waals surface area contributed by atoms with Crippen LogP contribution in [0.25, 0.3) is 0 Å². The molecule has 1 aliphatic rings. The Morgan fingerprint density at radius 2 is 2.00 bits per heavy atom. The highest BCUT2D eigenvalue weighted by molar-refractivity contribution is 8.00. The highest BCUT2D eigenvalue weighted by Gasteiger charge is 2.16. The maximum Gasteiger partial charge on any atom is 0.172 e. The van der Waals surface area contributed by atoms with Gasteiger partial charge in [0.1, 0.15) is 0 Å². The van der Waals surface area contributed by atoms with E-state index >= 15 is 0 Å². The summed E-state index contributed by atoms with van der Waals surface area (Å²) in [5.41, 5.74) is 0.629. The van der Waals surface area contributed by atoms with Gasteiger partial charge in [0.2, 0.25) is 0 Å². The standard InChI is InChI=1S/C13H14Cl2O2S/c14-11-2-1-9(7-12(11)15)13(16)8-18-10-3-5-17-6-4-10/h1-2,7,10H,3-6,8H2. The first-order chi connectivity index (χ1) is 8.66. The van der Waals surface area contributed by atoms with Crippen LogP contribution in [0.2, 0.25) is 10.0 Å². The predicted octanol–water partition coefficient (Wildman–Crippen LogP) is 4.09. The van der Waals surface area contributed by atoms with Crippen molar-refractivity contribution in [3.8, 4) is 0 Å². The quantitative estimate of drug-likeness (QED) is 0.784. The molecule has 0 amide bonds. The zero-order chi connectivity index (χ0) is 13.0. The van der Waals surface area contributed by atoms with E-state index in [1.807, 2.05) is 0 Å². The highest BCUT2D eigenvalue weighted by Crippen LogP contribution is 2.25. The van der Waals surface area contributed by atoms with Crippen LogP contribution in [0, 0.1) is 0 Å². The second-order valence-electron chi connectivity index (χ2n) is 4.17. The molecular formula is C13H14Cl2O2S. The van der Waals surface area contributed by atoms with Crippen molar-refractivity contribution in [3.63, 3.8) is 0 Å². The van der Waals surface area contributed by atoms with Gasteiger partial charge in [-0.25, -0.2) is 0 Å². The molecule has 0 saturated carbocycles. The van der Waals surface area contributed by atoms with E-state index in [-0.39, 0.29) is 5.78 Å². The molecule has 2 nitrogen and oxygen atoms in total. The summed E-state index contributed by atoms with van der Waals surface area (Å²) in [6.45, 7) is 1.61. The fourth-order valence-corrected chi connectivity index (χ4v) is 3.17. The van der Waals surface area contributed by atoms with E-state index in [9.17, 15) is 4.79 Å². The summed E-state index contributed by atoms with van der Waals surface area (Å²) in [4.78, 5) is 12.0. The number of hydrogen-bond donors (Lipinski definition) is 0. The van der Waals surface area contributed by atoms with Gasteiger partial charge in [0.25, 0.3) is 0 Å². The smallest absolute Gasteiger partial charge is 0.172 e. The SMILES string of the molecule is O=C(CSC1CCOCC1)c1ccc(Cl)c(Cl)c1. The van der Waals surface area contributed by atoms with Crippen LogP contribution in [-0.4, -0.2) is 30.0 Å². The first-order valence-electron chi connectivity index (χ1n) is 5.84. The van der Waals surface area contributed by atoms with Gasteiger partial charge in [-0.1, -0.05) is 23.2 Å². The number of thioether (sulfide) groups is 1. The van der Waals surface area contributed by atoms with Crippen LogP contribution >= 0.6 is 35.0 Å². The Kier molecular flexibility index (Phi) is 5.37. The van der Waals surface area contributed by atoms with Crippen molar-refractivity contribution in [2.45, 2.75) is 18.1 Å². The number of ketones is 1. The summed E-state index contributed by atoms with van der Waals surface area (Å²) in [5, 5.41) is 1.44. The van der Waals surface area contributed by atoms with Crippen LogP contribution < -0.4 is 0 Å². The topological polar surface area (TPSA) is 26.3 Å². The Balaban J connectivity index is 1.88. The van der Waals surface area contributed by atoms with Crippen molar-refractivity contribution in [1.82, 2.24) is 0 Å². The van der Waals surface area contributed by atoms with Crippen molar-refractivity contribution in [3.05, 3.63) is 33.8 Å². The fourth-order valence-electron chi connectivity index (χ4n) is 1.79. The van der Waals surface area contributed by atoms with Gasteiger partial charge in [-0.05, 0) is 31.0 Å². The van der Waals surface area contributed by atoms with E-state index < -0.39 is 0 Å². The molecule has 0 atom stereocenters. The minimum atomic E-state index is 0.102. The number of Topliss-reactive ketones (excluding diaryl/α,β-unsaturated/α-hetero) is 1. The highest BCUT2D eigenvalue weighted by atomic mass is 35.5. The molecule has 1 heterocycles. The Hall–Kier alpha value is -0.220. The van der Waals surface area contributed by atoms with Crippen LogP contribution in [0.15, 0.2) is 18.2 Å². The van der Waals surface area contributed by atoms with Gasteiger partial charge in [0.05, 0.1) is 15.8 Å². The van der Waals surface area contributed by atoms with Crippen LogP contribution in [0.3, 0.4) is 0 Å². The van der Waals surface area contributed by atoms with Gasteiger partial charge < -0.3 is 4.74 Å². The lowest BCUT2D eigenvalue weighted by molar-refractivity contribution is 0.0988. The number of carbonyl (C=O) groups is 1. The molecule has 1 fully saturated rings. The molecule has 0 radical (unpaired) electrons. The average molecular weight is 305 g/mol. The first-order valence-corrected chi connectivity index (χ1v) is 7.65. The molecule has 0 N–H and O–H groups in total. The number of rotatable bonds is 4. The molecule has 0 aromatic heterocycles. The van der Waals surface area contributed by atoms with E-state index in [0.717, 1.165) is 26.1 Å². The molecule has 1 aliphatic heterocycles. The Morgan fingerprint density at radius 3 is 2.67 bits per heavy atom. The minimum Gasteiger partial charge on any atom is -0.381 e. The van der Waals surface area contributed by atoms with E-state index in [4.69, 9.17) is 27.9 Å². The average Bonchev–Trinajstić information content (AvgIpc) is 2.40. The summed E-state index contributed by atoms with van der Waals surface area (Å²) >= 11 is 13.4. The van der Waals surface area contributed by atoms with E-state index in [2.05, 4.69) is 0 Å². The third-order valence-corrected chi connectivity index (χ3v) is 4.97. The molecule has 18 heavy (non-hydrogen) atoms. The molecule has 5 heteroatoms. The lowest BCUT2D eigenvalue weighted by Gasteiger charge is -2.21. The van der Waals surface area contributed by atoms with Gasteiger partial charge in [0.15, 0.2) is 5.78 Å². The Labute approximate surface area is 121 Å². The van der Waals surface area contributed by atoms with Crippen LogP contribution in [0.4, 0.5) is 0 Å². The molecule has 98 valence electrons. The van der Waals surface area contributed by atoms with Crippen molar-refractivity contribution in [2.24, 2.45) is 0 Å². The molecule has 1 aromatic carbocycles. The largest absolute Gasteiger partial charge is 0.381 e. The number of hydrogen-bond acceptors (Lipinski definition) is 3. The zero-order valence-corrected chi connectivity index (χ0v) is 12.2. The maximum absolute atomic E-state index is 12.0. The van der Waals surface area contributed by atoms with Gasteiger partial charge >= 0.3 is 0 Å². The van der Waals surface area contributed by atoms with Gasteiger partial charge in [0, 0.05) is 24.0 Å². The minimum absolute atomic E-state index is 0.102. The van der Waals surface area contributed by atoms with Crippen LogP contribution in [0.5, 0.6) is 0 Å². The molecule has 0 aliphatic carbocycles. The Morgan fingerprint density at radius 1 is 1.28 bits per heavy atom. The fraction of sp³-hybridized carbons (Fsp3) is 0.462. The van der Waals surface area contributed by atoms with Crippen molar-refractivity contribution in [2.75, 3.05) is 19.0 Å². The van der Waals surface area contributed by atoms with E-state index in [1.54, 1.807) is 30.0 Å². The molecule has 0 unspecified atom stereocenters. The van der Waals surface area contributed by atoms with Gasteiger partial charge in [-0.15, -0.1) is 0 Å². The Bertz CT molecular complexity index is 431. The zero-order valence-electron chi connectivity index (χ0n) is 9.83. The molecule has 0 spiro atoms. The van der Waals surface area contributed by atoms with Gasteiger partial charge in [-0.3, -0.25) is 4.79 Å². The molecular weight excluding hydrogens is 291 g/mol.